The van der Waals surface area contributed by atoms with E-state index in [9.17, 15) is 33.2 Å². The number of aromatic nitrogens is 4. The van der Waals surface area contributed by atoms with Crippen LogP contribution in [0, 0.1) is 27.2 Å². The summed E-state index contributed by atoms with van der Waals surface area (Å²) in [6.45, 7) is 18.8. The first-order valence-electron chi connectivity index (χ1n) is 16.2. The van der Waals surface area contributed by atoms with Gasteiger partial charge in [-0.15, -0.1) is 0 Å². The molecule has 284 valence electrons. The third kappa shape index (κ3) is 11.9. The molecule has 2 fully saturated rings. The number of hydrogen-bond acceptors (Lipinski definition) is 10. The summed E-state index contributed by atoms with van der Waals surface area (Å²) in [5.41, 5.74) is -4.25. The minimum atomic E-state index is -1.20. The van der Waals surface area contributed by atoms with Gasteiger partial charge in [0.15, 0.2) is 0 Å². The van der Waals surface area contributed by atoms with Crippen molar-refractivity contribution in [3.8, 4) is 0 Å². The Morgan fingerprint density at radius 2 is 1.12 bits per heavy atom. The molecule has 0 aliphatic carbocycles. The third-order valence-electron chi connectivity index (χ3n) is 7.85. The number of rotatable bonds is 4. The Morgan fingerprint density at radius 3 is 1.43 bits per heavy atom. The van der Waals surface area contributed by atoms with Gasteiger partial charge in [0, 0.05) is 29.9 Å². The van der Waals surface area contributed by atoms with Gasteiger partial charge in [-0.2, -0.15) is 9.13 Å². The minimum absolute atomic E-state index is 0. The zero-order chi connectivity index (χ0) is 36.5. The predicted molar refractivity (Wildman–Crippen MR) is 181 cm³/mol. The van der Waals surface area contributed by atoms with E-state index in [2.05, 4.69) is 6.92 Å². The molecule has 0 spiro atoms. The summed E-state index contributed by atoms with van der Waals surface area (Å²) >= 11 is 0. The fourth-order valence-electron chi connectivity index (χ4n) is 5.50. The van der Waals surface area contributed by atoms with E-state index in [-0.39, 0.29) is 87.2 Å². The second-order valence-electron chi connectivity index (χ2n) is 14.3. The molecule has 0 amide bonds. The summed E-state index contributed by atoms with van der Waals surface area (Å²) in [5.74, 6) is 0.300. The van der Waals surface area contributed by atoms with Gasteiger partial charge in [-0.25, -0.2) is 23.6 Å². The Balaban J connectivity index is 0.000000926. The Hall–Kier alpha value is -2.28. The van der Waals surface area contributed by atoms with E-state index in [1.54, 1.807) is 55.4 Å². The maximum absolute atomic E-state index is 13.9. The van der Waals surface area contributed by atoms with E-state index in [4.69, 9.17) is 18.9 Å². The fourth-order valence-corrected chi connectivity index (χ4v) is 5.50. The maximum atomic E-state index is 13.9. The summed E-state index contributed by atoms with van der Waals surface area (Å²) in [5, 5.41) is 0. The number of hydrogen-bond donors (Lipinski definition) is 0. The van der Waals surface area contributed by atoms with Crippen LogP contribution in [0.4, 0.5) is 14.0 Å². The summed E-state index contributed by atoms with van der Waals surface area (Å²) in [6.07, 6.45) is -0.395. The van der Waals surface area contributed by atoms with E-state index in [0.29, 0.717) is 27.9 Å². The number of nitrogens with zero attached hydrogens (tertiary/aromatic N) is 4. The zero-order valence-electron chi connectivity index (χ0n) is 32.1. The average molecular weight is 752 g/mol. The quantitative estimate of drug-likeness (QED) is 0.281. The maximum Gasteiger partial charge on any atom is 1.00 e. The SMILES string of the molecule is CC[C@H]1O[C@@H](n2cc(C)c(=O)n(C(=O)OC(C)(C)C)c2=O)CC1C.CC[C@H]1O[C@@H](n2cc(C)c(=O)n(C(=O)OC(C)(C)C)c2=O)CC1[18F].[18F-].[CH3-].[K+]. The van der Waals surface area contributed by atoms with Crippen LogP contribution in [0.1, 0.15) is 112 Å². The number of aryl methyl sites for hydroxylation is 2. The molecule has 2 aliphatic heterocycles. The topological polar surface area (TPSA) is 159 Å². The van der Waals surface area contributed by atoms with Crippen molar-refractivity contribution >= 4 is 12.2 Å². The third-order valence-corrected chi connectivity index (χ3v) is 7.85. The van der Waals surface area contributed by atoms with Crippen LogP contribution in [0.3, 0.4) is 0 Å². The second kappa shape index (κ2) is 19.2. The molecule has 2 aromatic heterocycles. The van der Waals surface area contributed by atoms with Crippen LogP contribution in [0.2, 0.25) is 0 Å². The van der Waals surface area contributed by atoms with Gasteiger partial charge in [0.2, 0.25) is 0 Å². The first-order valence-corrected chi connectivity index (χ1v) is 16.2. The van der Waals surface area contributed by atoms with Crippen molar-refractivity contribution in [2.24, 2.45) is 5.92 Å². The van der Waals surface area contributed by atoms with E-state index in [0.717, 1.165) is 11.0 Å². The standard InChI is InChI=1S/C17H26N2O5.C16H23FN2O5.CH3.FH.K/c1-7-12-10(2)8-13(23-12)18-9-11(3)14(20)19(15(18)21)16(22)24-17(4,5)6;1-6-11-10(17)7-12(23-11)18-8-9(2)13(20)19(14(18)21)15(22)24-16(3,4)5;;;/h9-10,12-13H,7-8H2,1-6H3;8,10-12H,6-7H2,1-5H3;1H3;1H;/q;;-1;;+1/p-1/t10?,12-,13-;10?,11-,12-;;;/m11.../s1/i;17-1;;1-1;. The van der Waals surface area contributed by atoms with Crippen molar-refractivity contribution in [1.82, 2.24) is 18.3 Å². The normalized spacial score (nSPS) is 22.7. The van der Waals surface area contributed by atoms with Crippen LogP contribution in [-0.4, -0.2) is 60.0 Å². The van der Waals surface area contributed by atoms with Gasteiger partial charge in [0.25, 0.3) is 11.1 Å². The van der Waals surface area contributed by atoms with Gasteiger partial charge < -0.3 is 31.1 Å². The van der Waals surface area contributed by atoms with Gasteiger partial charge >= 0.3 is 75.0 Å². The largest absolute Gasteiger partial charge is 1.00 e. The van der Waals surface area contributed by atoms with Gasteiger partial charge in [-0.05, 0) is 80.6 Å². The number of alkyl halides is 1. The molecule has 51 heavy (non-hydrogen) atoms. The Kier molecular flexibility index (Phi) is 18.3. The van der Waals surface area contributed by atoms with Crippen molar-refractivity contribution in [2.45, 2.75) is 144 Å². The van der Waals surface area contributed by atoms with Crippen molar-refractivity contribution in [1.29, 1.82) is 0 Å². The van der Waals surface area contributed by atoms with Crippen LogP contribution < -0.4 is 78.6 Å². The van der Waals surface area contributed by atoms with Crippen molar-refractivity contribution in [2.75, 3.05) is 0 Å². The molecule has 4 rings (SSSR count). The smallest absolute Gasteiger partial charge is 1.00 e. The minimum Gasteiger partial charge on any atom is -1.00 e. The van der Waals surface area contributed by atoms with Gasteiger partial charge in [0.1, 0.15) is 29.8 Å². The molecule has 2 aromatic rings. The number of carbonyl (C=O) groups excluding carboxylic acids is 2. The molecule has 0 aromatic carbocycles. The Morgan fingerprint density at radius 1 is 0.765 bits per heavy atom. The second-order valence-corrected chi connectivity index (χ2v) is 14.3. The average Bonchev–Trinajstić information content (AvgIpc) is 3.52. The fraction of sp³-hybridized carbons (Fsp3) is 0.676. The molecule has 14 nitrogen and oxygen atoms in total. The first kappa shape index (κ1) is 48.7. The number of ether oxygens (including phenoxy) is 4. The van der Waals surface area contributed by atoms with Crippen LogP contribution >= 0.6 is 0 Å². The molecule has 2 unspecified atom stereocenters. The van der Waals surface area contributed by atoms with Gasteiger partial charge in [0.05, 0.1) is 12.2 Å². The van der Waals surface area contributed by atoms with E-state index in [1.807, 2.05) is 6.92 Å². The number of halogens is 2. The molecule has 0 N–H and O–H groups in total. The molecular weight excluding hydrogens is 699 g/mol. The summed E-state index contributed by atoms with van der Waals surface area (Å²) in [7, 11) is 0. The molecule has 6 atom stereocenters. The molecule has 2 saturated heterocycles. The van der Waals surface area contributed by atoms with E-state index in [1.165, 1.54) is 23.9 Å². The van der Waals surface area contributed by atoms with Gasteiger partial charge in [-0.1, -0.05) is 20.8 Å². The number of carbonyl (C=O) groups is 2. The van der Waals surface area contributed by atoms with Gasteiger partial charge in [-0.3, -0.25) is 18.7 Å². The van der Waals surface area contributed by atoms with Crippen molar-refractivity contribution in [3.05, 3.63) is 72.6 Å². The summed E-state index contributed by atoms with van der Waals surface area (Å²) in [6, 6.07) is 0. The monoisotopic (exact) mass is 751 g/mol. The Labute approximate surface area is 339 Å². The molecule has 4 heterocycles. The van der Waals surface area contributed by atoms with Crippen LogP contribution in [-0.2, 0) is 18.9 Å². The molecule has 0 saturated carbocycles. The van der Waals surface area contributed by atoms with Crippen LogP contribution in [0.25, 0.3) is 0 Å². The molecule has 0 bridgehead atoms. The molecule has 2 aliphatic rings. The molecule has 17 heteroatoms. The van der Waals surface area contributed by atoms with Crippen LogP contribution in [0.15, 0.2) is 31.6 Å². The predicted octanol–water partition coefficient (Wildman–Crippen LogP) is -0.969. The first-order chi connectivity index (χ1) is 22.1. The van der Waals surface area contributed by atoms with E-state index >= 15 is 0 Å². The Bertz CT molecular complexity index is 1630. The molecular formula is C34H52F2KN4O10-. The molecule has 0 radical (unpaired) electrons. The summed E-state index contributed by atoms with van der Waals surface area (Å²) < 4.78 is 39.1. The zero-order valence-corrected chi connectivity index (χ0v) is 35.2. The summed E-state index contributed by atoms with van der Waals surface area (Å²) in [4.78, 5) is 74.3. The van der Waals surface area contributed by atoms with Crippen LogP contribution in [0.5, 0.6) is 0 Å². The van der Waals surface area contributed by atoms with Crippen molar-refractivity contribution in [3.63, 3.8) is 0 Å². The van der Waals surface area contributed by atoms with Crippen molar-refractivity contribution < 1.29 is 89.0 Å². The van der Waals surface area contributed by atoms with E-state index < -0.39 is 70.6 Å².